The van der Waals surface area contributed by atoms with Crippen molar-refractivity contribution in [2.75, 3.05) is 40.5 Å². The van der Waals surface area contributed by atoms with Gasteiger partial charge < -0.3 is 14.4 Å². The highest BCUT2D eigenvalue weighted by Crippen LogP contribution is 2.39. The number of aryl methyl sites for hydroxylation is 1. The van der Waals surface area contributed by atoms with Gasteiger partial charge in [-0.2, -0.15) is 0 Å². The van der Waals surface area contributed by atoms with Gasteiger partial charge in [-0.15, -0.1) is 10.2 Å². The lowest BCUT2D eigenvalue weighted by atomic mass is 9.81. The Morgan fingerprint density at radius 2 is 1.86 bits per heavy atom. The van der Waals surface area contributed by atoms with Gasteiger partial charge in [0.25, 0.3) is 0 Å². The van der Waals surface area contributed by atoms with E-state index in [1.165, 1.54) is 0 Å². The quantitative estimate of drug-likeness (QED) is 0.361. The van der Waals surface area contributed by atoms with E-state index >= 15 is 0 Å². The van der Waals surface area contributed by atoms with E-state index in [9.17, 15) is 4.79 Å². The molecule has 0 amide bonds. The summed E-state index contributed by atoms with van der Waals surface area (Å²) in [5.41, 5.74) is 4.13. The van der Waals surface area contributed by atoms with Crippen LogP contribution in [0.5, 0.6) is 5.75 Å². The molecule has 1 unspecified atom stereocenters. The molecule has 2 aromatic carbocycles. The molecule has 190 valence electrons. The number of aromatic nitrogens is 4. The predicted molar refractivity (Wildman–Crippen MR) is 143 cm³/mol. The van der Waals surface area contributed by atoms with Crippen molar-refractivity contribution >= 4 is 22.1 Å². The zero-order chi connectivity index (χ0) is 25.4. The summed E-state index contributed by atoms with van der Waals surface area (Å²) in [6.45, 7) is 7.28. The van der Waals surface area contributed by atoms with Gasteiger partial charge in [-0.25, -0.2) is 4.79 Å². The van der Waals surface area contributed by atoms with Gasteiger partial charge in [0, 0.05) is 37.0 Å². The summed E-state index contributed by atoms with van der Waals surface area (Å²) >= 11 is 0. The first kappa shape index (κ1) is 24.5. The Morgan fingerprint density at radius 3 is 2.58 bits per heavy atom. The van der Waals surface area contributed by atoms with E-state index in [1.54, 1.807) is 11.6 Å². The van der Waals surface area contributed by atoms with Crippen molar-refractivity contribution in [1.82, 2.24) is 24.2 Å². The Labute approximate surface area is 211 Å². The van der Waals surface area contributed by atoms with Crippen LogP contribution >= 0.6 is 0 Å². The molecule has 1 aliphatic rings. The Bertz CT molecular complexity index is 1440. The average Bonchev–Trinajstić information content (AvgIpc) is 3.12. The van der Waals surface area contributed by atoms with Crippen molar-refractivity contribution in [2.45, 2.75) is 32.7 Å². The van der Waals surface area contributed by atoms with E-state index in [0.717, 1.165) is 52.7 Å². The first-order valence-corrected chi connectivity index (χ1v) is 12.6. The number of hydrogen-bond acceptors (Lipinski definition) is 6. The Balaban J connectivity index is 1.54. The highest BCUT2D eigenvalue weighted by Gasteiger charge is 2.37. The minimum absolute atomic E-state index is 0.0161. The Morgan fingerprint density at radius 1 is 1.11 bits per heavy atom. The normalized spacial score (nSPS) is 17.8. The zero-order valence-electron chi connectivity index (χ0n) is 21.8. The van der Waals surface area contributed by atoms with Crippen LogP contribution in [-0.2, 0) is 11.8 Å². The number of fused-ring (bicyclic) bond motifs is 3. The van der Waals surface area contributed by atoms with Crippen LogP contribution in [0.15, 0.2) is 47.3 Å². The number of benzene rings is 2. The average molecular weight is 490 g/mol. The number of ether oxygens (including phenoxy) is 2. The summed E-state index contributed by atoms with van der Waals surface area (Å²) in [6, 6.07) is 14.4. The van der Waals surface area contributed by atoms with Crippen molar-refractivity contribution in [1.29, 1.82) is 0 Å². The van der Waals surface area contributed by atoms with Crippen molar-refractivity contribution in [2.24, 2.45) is 12.5 Å². The molecule has 4 aromatic rings. The van der Waals surface area contributed by atoms with Gasteiger partial charge in [-0.05, 0) is 62.3 Å². The molecule has 8 nitrogen and oxygen atoms in total. The summed E-state index contributed by atoms with van der Waals surface area (Å²) < 4.78 is 15.2. The molecule has 0 N–H and O–H groups in total. The summed E-state index contributed by atoms with van der Waals surface area (Å²) in [6.07, 6.45) is 1.77. The molecule has 1 atom stereocenters. The monoisotopic (exact) mass is 489 g/mol. The molecule has 3 heterocycles. The second-order valence-corrected chi connectivity index (χ2v) is 10.7. The topological polar surface area (TPSA) is 74.4 Å². The van der Waals surface area contributed by atoms with Crippen molar-refractivity contribution < 1.29 is 9.47 Å². The van der Waals surface area contributed by atoms with E-state index in [2.05, 4.69) is 67.3 Å². The SMILES string of the molecule is CN(C)CCCOc1ccc(-c2ccc3nnc4c(c3c2)n(C2CCOCC2(C)C)c(=O)n4C)cc1. The smallest absolute Gasteiger partial charge is 0.330 e. The molecule has 1 fully saturated rings. The van der Waals surface area contributed by atoms with Gasteiger partial charge in [-0.3, -0.25) is 9.13 Å². The largest absolute Gasteiger partial charge is 0.494 e. The van der Waals surface area contributed by atoms with Crippen molar-refractivity contribution in [3.63, 3.8) is 0 Å². The molecule has 1 aliphatic heterocycles. The van der Waals surface area contributed by atoms with E-state index in [-0.39, 0.29) is 17.1 Å². The van der Waals surface area contributed by atoms with Gasteiger partial charge >= 0.3 is 5.69 Å². The number of imidazole rings is 1. The number of rotatable bonds is 7. The lowest BCUT2D eigenvalue weighted by Crippen LogP contribution is -2.41. The third-order valence-electron chi connectivity index (χ3n) is 7.20. The molecule has 0 spiro atoms. The summed E-state index contributed by atoms with van der Waals surface area (Å²) in [5.74, 6) is 0.866. The molecule has 0 radical (unpaired) electrons. The maximum absolute atomic E-state index is 13.5. The fourth-order valence-electron chi connectivity index (χ4n) is 5.17. The number of nitrogens with zero attached hydrogens (tertiary/aromatic N) is 5. The van der Waals surface area contributed by atoms with E-state index in [0.29, 0.717) is 25.5 Å². The number of hydrogen-bond donors (Lipinski definition) is 0. The third-order valence-corrected chi connectivity index (χ3v) is 7.20. The summed E-state index contributed by atoms with van der Waals surface area (Å²) in [4.78, 5) is 15.6. The molecule has 5 rings (SSSR count). The fraction of sp³-hybridized carbons (Fsp3) is 0.464. The van der Waals surface area contributed by atoms with Crippen molar-refractivity contribution in [3.8, 4) is 16.9 Å². The van der Waals surface area contributed by atoms with Gasteiger partial charge in [0.1, 0.15) is 11.3 Å². The second kappa shape index (κ2) is 9.67. The maximum atomic E-state index is 13.5. The predicted octanol–water partition coefficient (Wildman–Crippen LogP) is 4.27. The molecule has 36 heavy (non-hydrogen) atoms. The van der Waals surface area contributed by atoms with Crippen LogP contribution in [0.1, 0.15) is 32.7 Å². The van der Waals surface area contributed by atoms with Gasteiger partial charge in [-0.1, -0.05) is 32.0 Å². The summed E-state index contributed by atoms with van der Waals surface area (Å²) in [7, 11) is 5.91. The van der Waals surface area contributed by atoms with Crippen LogP contribution in [0.25, 0.3) is 33.2 Å². The maximum Gasteiger partial charge on any atom is 0.330 e. The summed E-state index contributed by atoms with van der Waals surface area (Å²) in [5, 5.41) is 9.80. The van der Waals surface area contributed by atoms with Crippen LogP contribution in [0.4, 0.5) is 0 Å². The van der Waals surface area contributed by atoms with Crippen LogP contribution in [0.2, 0.25) is 0 Å². The Kier molecular flexibility index (Phi) is 6.57. The van der Waals surface area contributed by atoms with Crippen LogP contribution in [0, 0.1) is 5.41 Å². The van der Waals surface area contributed by atoms with Crippen LogP contribution < -0.4 is 10.4 Å². The highest BCUT2D eigenvalue weighted by molar-refractivity contribution is 6.02. The van der Waals surface area contributed by atoms with Gasteiger partial charge in [0.2, 0.25) is 0 Å². The minimum Gasteiger partial charge on any atom is -0.494 e. The molecule has 0 saturated carbocycles. The first-order chi connectivity index (χ1) is 17.3. The standard InChI is InChI=1S/C28H35N5O3/c1-28(2)18-35-16-13-24(28)33-25-22-17-20(9-12-23(22)29-30-26(25)32(5)27(33)34)19-7-10-21(11-8-19)36-15-6-14-31(3)4/h7-12,17,24H,6,13-16,18H2,1-5H3. The molecular weight excluding hydrogens is 454 g/mol. The Hall–Kier alpha value is -3.23. The molecule has 0 aliphatic carbocycles. The van der Waals surface area contributed by atoms with Gasteiger partial charge in [0.15, 0.2) is 5.65 Å². The second-order valence-electron chi connectivity index (χ2n) is 10.7. The molecule has 8 heteroatoms. The third kappa shape index (κ3) is 4.51. The van der Waals surface area contributed by atoms with Crippen LogP contribution in [-0.4, -0.2) is 64.7 Å². The highest BCUT2D eigenvalue weighted by atomic mass is 16.5. The minimum atomic E-state index is -0.175. The van der Waals surface area contributed by atoms with Gasteiger partial charge in [0.05, 0.1) is 18.7 Å². The lowest BCUT2D eigenvalue weighted by molar-refractivity contribution is -0.0253. The molecular formula is C28H35N5O3. The van der Waals surface area contributed by atoms with Crippen molar-refractivity contribution in [3.05, 3.63) is 52.9 Å². The molecule has 0 bridgehead atoms. The van der Waals surface area contributed by atoms with E-state index in [1.807, 2.05) is 22.8 Å². The molecule has 1 saturated heterocycles. The fourth-order valence-corrected chi connectivity index (χ4v) is 5.17. The van der Waals surface area contributed by atoms with Crippen LogP contribution in [0.3, 0.4) is 0 Å². The van der Waals surface area contributed by atoms with E-state index < -0.39 is 0 Å². The molecule has 2 aromatic heterocycles. The zero-order valence-corrected chi connectivity index (χ0v) is 21.8. The lowest BCUT2D eigenvalue weighted by Gasteiger charge is -2.38. The van der Waals surface area contributed by atoms with E-state index in [4.69, 9.17) is 9.47 Å². The first-order valence-electron chi connectivity index (χ1n) is 12.6.